The first kappa shape index (κ1) is 26.3. The van der Waals surface area contributed by atoms with Crippen molar-refractivity contribution in [3.8, 4) is 0 Å². The summed E-state index contributed by atoms with van der Waals surface area (Å²) in [7, 11) is 0. The third-order valence-corrected chi connectivity index (χ3v) is 8.08. The Hall–Kier alpha value is -4.92. The van der Waals surface area contributed by atoms with E-state index in [0.717, 1.165) is 32.6 Å². The van der Waals surface area contributed by atoms with Crippen molar-refractivity contribution in [2.45, 2.75) is 51.2 Å². The summed E-state index contributed by atoms with van der Waals surface area (Å²) in [6.07, 6.45) is 0.325. The van der Waals surface area contributed by atoms with Gasteiger partial charge in [-0.25, -0.2) is 9.69 Å². The minimum Gasteiger partial charge on any atom is -0.480 e. The molecule has 3 atom stereocenters. The van der Waals surface area contributed by atoms with E-state index in [4.69, 9.17) is 0 Å². The molecule has 3 N–H and O–H groups in total. The van der Waals surface area contributed by atoms with Crippen molar-refractivity contribution in [1.29, 1.82) is 0 Å². The van der Waals surface area contributed by atoms with Crippen LogP contribution in [0.5, 0.6) is 0 Å². The molecule has 1 aromatic heterocycles. The van der Waals surface area contributed by atoms with Crippen LogP contribution in [0.25, 0.3) is 10.9 Å². The average Bonchev–Trinajstić information content (AvgIpc) is 3.46. The molecule has 9 heteroatoms. The lowest BCUT2D eigenvalue weighted by Crippen LogP contribution is -2.44. The highest BCUT2D eigenvalue weighted by Crippen LogP contribution is 2.45. The van der Waals surface area contributed by atoms with Crippen LogP contribution >= 0.6 is 0 Å². The summed E-state index contributed by atoms with van der Waals surface area (Å²) >= 11 is 0. The van der Waals surface area contributed by atoms with E-state index in [1.165, 1.54) is 24.6 Å². The Morgan fingerprint density at radius 1 is 0.951 bits per heavy atom. The van der Waals surface area contributed by atoms with Gasteiger partial charge in [0.1, 0.15) is 18.1 Å². The van der Waals surface area contributed by atoms with Gasteiger partial charge in [0.15, 0.2) is 0 Å². The number of fused-ring (bicyclic) bond motifs is 4. The number of urea groups is 1. The Morgan fingerprint density at radius 3 is 2.34 bits per heavy atom. The van der Waals surface area contributed by atoms with Crippen LogP contribution in [-0.2, 0) is 16.0 Å². The first-order valence-electron chi connectivity index (χ1n) is 13.7. The van der Waals surface area contributed by atoms with E-state index in [1.54, 1.807) is 17.0 Å². The third-order valence-electron chi connectivity index (χ3n) is 8.08. The van der Waals surface area contributed by atoms with Crippen LogP contribution in [0.15, 0.2) is 72.8 Å². The number of carbonyl (C=O) groups excluding carboxylic acids is 3. The number of nitrogens with one attached hydrogen (secondary N) is 2. The molecule has 2 aliphatic heterocycles. The number of aromatic nitrogens is 1. The first-order chi connectivity index (χ1) is 19.7. The highest BCUT2D eigenvalue weighted by atomic mass is 16.4. The monoisotopic (exact) mass is 550 g/mol. The number of carboxylic acids is 1. The van der Waals surface area contributed by atoms with Gasteiger partial charge in [0, 0.05) is 23.0 Å². The van der Waals surface area contributed by atoms with Crippen molar-refractivity contribution in [3.05, 3.63) is 101 Å². The second-order valence-corrected chi connectivity index (χ2v) is 10.9. The number of amides is 4. The van der Waals surface area contributed by atoms with E-state index >= 15 is 0 Å². The van der Waals surface area contributed by atoms with Crippen LogP contribution in [0.1, 0.15) is 65.5 Å². The number of carboxylic acid groups (broad SMARTS) is 1. The minimum absolute atomic E-state index is 0.0453. The highest BCUT2D eigenvalue weighted by Gasteiger charge is 2.53. The fourth-order valence-electron chi connectivity index (χ4n) is 5.90. The zero-order chi connectivity index (χ0) is 29.0. The Morgan fingerprint density at radius 2 is 1.63 bits per heavy atom. The number of aromatic amines is 1. The smallest absolute Gasteiger partial charge is 0.332 e. The van der Waals surface area contributed by atoms with Gasteiger partial charge in [-0.15, -0.1) is 0 Å². The summed E-state index contributed by atoms with van der Waals surface area (Å²) in [5.74, 6) is -1.97. The van der Waals surface area contributed by atoms with E-state index in [1.807, 2.05) is 36.4 Å². The molecule has 4 aromatic rings. The molecule has 208 valence electrons. The Kier molecular flexibility index (Phi) is 6.37. The number of imide groups is 1. The topological polar surface area (TPSA) is 123 Å². The molecule has 9 nitrogen and oxygen atoms in total. The minimum atomic E-state index is -1.19. The van der Waals surface area contributed by atoms with Crippen molar-refractivity contribution >= 4 is 40.4 Å². The van der Waals surface area contributed by atoms with Gasteiger partial charge in [0.25, 0.3) is 11.8 Å². The number of aliphatic carboxylic acids is 1. The summed E-state index contributed by atoms with van der Waals surface area (Å²) in [6, 6.07) is 19.3. The molecule has 41 heavy (non-hydrogen) atoms. The molecular weight excluding hydrogens is 520 g/mol. The summed E-state index contributed by atoms with van der Waals surface area (Å²) < 4.78 is 0. The Bertz CT molecular complexity index is 1710. The molecule has 0 spiro atoms. The SMILES string of the molecule is CC(C)c1ccc([C@@H]2c3[nH]c4ccccc4c3C[C@H]3C(=O)N(c4ccccc4C(=O)N[C@H](C)C(=O)O)C(=O)N23)cc1. The van der Waals surface area contributed by atoms with Crippen LogP contribution in [0.2, 0.25) is 0 Å². The number of carbonyl (C=O) groups is 4. The normalized spacial score (nSPS) is 18.9. The highest BCUT2D eigenvalue weighted by molar-refractivity contribution is 6.24. The molecule has 0 unspecified atom stereocenters. The second kappa shape index (κ2) is 9.92. The van der Waals surface area contributed by atoms with Crippen molar-refractivity contribution < 1.29 is 24.3 Å². The average molecular weight is 551 g/mol. The molecule has 2 aliphatic rings. The number of hydrogen-bond acceptors (Lipinski definition) is 4. The van der Waals surface area contributed by atoms with Gasteiger partial charge >= 0.3 is 12.0 Å². The van der Waals surface area contributed by atoms with Crippen molar-refractivity contribution in [2.24, 2.45) is 0 Å². The van der Waals surface area contributed by atoms with Crippen LogP contribution in [-0.4, -0.2) is 50.9 Å². The van der Waals surface area contributed by atoms with E-state index in [-0.39, 0.29) is 11.3 Å². The lowest BCUT2D eigenvalue weighted by molar-refractivity contribution is -0.138. The first-order valence-corrected chi connectivity index (χ1v) is 13.7. The van der Waals surface area contributed by atoms with Crippen molar-refractivity contribution in [1.82, 2.24) is 15.2 Å². The third kappa shape index (κ3) is 4.25. The number of rotatable bonds is 6. The molecule has 1 saturated heterocycles. The zero-order valence-electron chi connectivity index (χ0n) is 22.9. The Balaban J connectivity index is 1.46. The van der Waals surface area contributed by atoms with E-state index in [2.05, 4.69) is 36.3 Å². The van der Waals surface area contributed by atoms with E-state index in [9.17, 15) is 24.3 Å². The second-order valence-electron chi connectivity index (χ2n) is 10.9. The largest absolute Gasteiger partial charge is 0.480 e. The number of anilines is 1. The molecule has 0 bridgehead atoms. The van der Waals surface area contributed by atoms with Gasteiger partial charge in [-0.2, -0.15) is 0 Å². The van der Waals surface area contributed by atoms with Gasteiger partial charge in [-0.1, -0.05) is 68.4 Å². The van der Waals surface area contributed by atoms with Crippen molar-refractivity contribution in [2.75, 3.05) is 4.90 Å². The van der Waals surface area contributed by atoms with Crippen LogP contribution in [0, 0.1) is 0 Å². The predicted octanol–water partition coefficient (Wildman–Crippen LogP) is 4.98. The molecule has 3 aromatic carbocycles. The maximum Gasteiger partial charge on any atom is 0.332 e. The molecule has 0 aliphatic carbocycles. The number of benzene rings is 3. The quantitative estimate of drug-likeness (QED) is 0.292. The summed E-state index contributed by atoms with van der Waals surface area (Å²) in [5.41, 5.74) is 5.00. The summed E-state index contributed by atoms with van der Waals surface area (Å²) in [4.78, 5) is 58.9. The molecule has 3 heterocycles. The van der Waals surface area contributed by atoms with Crippen LogP contribution in [0.3, 0.4) is 0 Å². The van der Waals surface area contributed by atoms with E-state index < -0.39 is 41.9 Å². The molecule has 6 rings (SSSR count). The van der Waals surface area contributed by atoms with Gasteiger partial charge in [0.2, 0.25) is 0 Å². The number of para-hydroxylation sites is 2. The van der Waals surface area contributed by atoms with Crippen LogP contribution < -0.4 is 10.2 Å². The van der Waals surface area contributed by atoms with Gasteiger partial charge in [-0.3, -0.25) is 19.3 Å². The summed E-state index contributed by atoms with van der Waals surface area (Å²) in [5, 5.41) is 12.7. The van der Waals surface area contributed by atoms with Gasteiger partial charge in [-0.05, 0) is 47.7 Å². The summed E-state index contributed by atoms with van der Waals surface area (Å²) in [6.45, 7) is 5.59. The molecule has 0 radical (unpaired) electrons. The Labute approximate surface area is 236 Å². The molecule has 1 fully saturated rings. The fourth-order valence-corrected chi connectivity index (χ4v) is 5.90. The van der Waals surface area contributed by atoms with Gasteiger partial charge in [0.05, 0.1) is 11.3 Å². The lowest BCUT2D eigenvalue weighted by Gasteiger charge is -2.36. The standard InChI is InChI=1S/C32H30N4O5/c1-17(2)19-12-14-20(15-13-19)28-27-23(21-8-4-6-10-24(21)34-27)16-26-30(38)36(32(41)35(26)28)25-11-7-5-9-22(25)29(37)33-18(3)31(39)40/h4-15,17-18,26,28,34H,16H2,1-3H3,(H,33,37)(H,39,40)/t18-,26+,28-/m1/s1. The van der Waals surface area contributed by atoms with Crippen LogP contribution in [0.4, 0.5) is 10.5 Å². The number of hydrogen-bond donors (Lipinski definition) is 3. The zero-order valence-corrected chi connectivity index (χ0v) is 22.9. The number of nitrogens with zero attached hydrogens (tertiary/aromatic N) is 2. The van der Waals surface area contributed by atoms with E-state index in [0.29, 0.717) is 12.3 Å². The fraction of sp³-hybridized carbons (Fsp3) is 0.250. The number of H-pyrrole nitrogens is 1. The maximum absolute atomic E-state index is 14.2. The molecule has 4 amide bonds. The molecule has 0 saturated carbocycles. The predicted molar refractivity (Wildman–Crippen MR) is 154 cm³/mol. The van der Waals surface area contributed by atoms with Gasteiger partial charge < -0.3 is 15.4 Å². The lowest BCUT2D eigenvalue weighted by atomic mass is 9.88. The van der Waals surface area contributed by atoms with Crippen molar-refractivity contribution in [3.63, 3.8) is 0 Å². The maximum atomic E-state index is 14.2. The molecular formula is C32H30N4O5.